The largest absolute Gasteiger partial charge is 0.480 e. The van der Waals surface area contributed by atoms with Crippen LogP contribution in [-0.2, 0) is 16.0 Å². The van der Waals surface area contributed by atoms with Crippen molar-refractivity contribution in [3.63, 3.8) is 0 Å². The maximum absolute atomic E-state index is 11.9. The van der Waals surface area contributed by atoms with Gasteiger partial charge >= 0.3 is 5.97 Å². The second-order valence-corrected chi connectivity index (χ2v) is 5.33. The first-order valence-corrected chi connectivity index (χ1v) is 6.72. The van der Waals surface area contributed by atoms with Crippen LogP contribution in [0.3, 0.4) is 0 Å². The average molecular weight is 314 g/mol. The smallest absolute Gasteiger partial charge is 0.326 e. The number of rotatable bonds is 7. The van der Waals surface area contributed by atoms with E-state index in [-0.39, 0.29) is 23.3 Å². The molecule has 1 aromatic rings. The summed E-state index contributed by atoms with van der Waals surface area (Å²) in [7, 11) is 0. The zero-order valence-electron chi connectivity index (χ0n) is 12.9. The van der Waals surface area contributed by atoms with E-state index in [4.69, 9.17) is 5.73 Å². The summed E-state index contributed by atoms with van der Waals surface area (Å²) < 4.78 is 0. The van der Waals surface area contributed by atoms with Gasteiger partial charge in [-0.15, -0.1) is 0 Å². The first-order chi connectivity index (χ1) is 9.40. The third-order valence-electron chi connectivity index (χ3n) is 2.96. The predicted octanol–water partition coefficient (Wildman–Crippen LogP) is -0.477. The van der Waals surface area contributed by atoms with Gasteiger partial charge in [-0.25, -0.2) is 4.79 Å². The van der Waals surface area contributed by atoms with Gasteiger partial charge < -0.3 is 27.1 Å². The number of carbonyl (C=O) groups is 2. The molecule has 8 N–H and O–H groups in total. The molecule has 0 radical (unpaired) electrons. The summed E-state index contributed by atoms with van der Waals surface area (Å²) >= 11 is 0. The molecule has 0 aliphatic carbocycles. The minimum atomic E-state index is -1.06. The second kappa shape index (κ2) is 10.7. The lowest BCUT2D eigenvalue weighted by molar-refractivity contribution is -0.142. The third-order valence-corrected chi connectivity index (χ3v) is 2.96. The molecule has 0 saturated carbocycles. The molecule has 0 heterocycles. The summed E-state index contributed by atoms with van der Waals surface area (Å²) in [6, 6.07) is 7.56. The van der Waals surface area contributed by atoms with Crippen LogP contribution in [0.25, 0.3) is 0 Å². The summed E-state index contributed by atoms with van der Waals surface area (Å²) in [4.78, 5) is 23.1. The standard InChI is InChI=1S/C15H22N2O3.2H2O/c1-10(2)8-12(16)14(18)17-13(15(19)20)9-11-6-4-3-5-7-11;;/h3-7,10,12-13H,8-9,16H2,1-2H3,(H,17,18)(H,19,20);2*1H2/t12-,13-;;/m0../s1. The minimum Gasteiger partial charge on any atom is -0.480 e. The highest BCUT2D eigenvalue weighted by atomic mass is 16.4. The van der Waals surface area contributed by atoms with Gasteiger partial charge in [-0.1, -0.05) is 44.2 Å². The molecule has 1 aromatic carbocycles. The SMILES string of the molecule is CC(C)C[C@H](N)C(=O)N[C@@H](Cc1ccccc1)C(=O)O.O.O. The van der Waals surface area contributed by atoms with Gasteiger partial charge in [0, 0.05) is 6.42 Å². The fraction of sp³-hybridized carbons (Fsp3) is 0.467. The number of hydrogen-bond acceptors (Lipinski definition) is 3. The number of carboxylic acid groups (broad SMARTS) is 1. The normalized spacial score (nSPS) is 12.5. The molecule has 1 amide bonds. The number of carbonyl (C=O) groups excluding carboxylic acids is 1. The van der Waals surface area contributed by atoms with Crippen LogP contribution in [-0.4, -0.2) is 40.0 Å². The van der Waals surface area contributed by atoms with Crippen molar-refractivity contribution in [1.29, 1.82) is 0 Å². The van der Waals surface area contributed by atoms with Crippen LogP contribution >= 0.6 is 0 Å². The summed E-state index contributed by atoms with van der Waals surface area (Å²) in [5, 5.41) is 11.7. The highest BCUT2D eigenvalue weighted by Crippen LogP contribution is 2.06. The molecule has 2 atom stereocenters. The van der Waals surface area contributed by atoms with E-state index in [9.17, 15) is 14.7 Å². The zero-order chi connectivity index (χ0) is 15.1. The van der Waals surface area contributed by atoms with Crippen molar-refractivity contribution >= 4 is 11.9 Å². The highest BCUT2D eigenvalue weighted by molar-refractivity contribution is 5.86. The number of carboxylic acids is 1. The number of nitrogens with one attached hydrogen (secondary N) is 1. The first kappa shape index (κ1) is 22.3. The minimum absolute atomic E-state index is 0. The van der Waals surface area contributed by atoms with Crippen molar-refractivity contribution in [3.05, 3.63) is 35.9 Å². The van der Waals surface area contributed by atoms with Crippen molar-refractivity contribution in [2.75, 3.05) is 0 Å². The number of benzene rings is 1. The number of aliphatic carboxylic acids is 1. The number of hydrogen-bond donors (Lipinski definition) is 3. The van der Waals surface area contributed by atoms with E-state index in [0.717, 1.165) is 5.56 Å². The van der Waals surface area contributed by atoms with E-state index in [1.54, 1.807) is 0 Å². The van der Waals surface area contributed by atoms with Gasteiger partial charge in [-0.05, 0) is 17.9 Å². The molecular weight excluding hydrogens is 288 g/mol. The lowest BCUT2D eigenvalue weighted by Crippen LogP contribution is -2.49. The Morgan fingerprint density at radius 1 is 1.18 bits per heavy atom. The van der Waals surface area contributed by atoms with E-state index in [1.165, 1.54) is 0 Å². The Morgan fingerprint density at radius 3 is 2.18 bits per heavy atom. The van der Waals surface area contributed by atoms with E-state index >= 15 is 0 Å². The fourth-order valence-corrected chi connectivity index (χ4v) is 1.94. The summed E-state index contributed by atoms with van der Waals surface area (Å²) in [5.41, 5.74) is 6.61. The van der Waals surface area contributed by atoms with Gasteiger partial charge in [-0.2, -0.15) is 0 Å². The van der Waals surface area contributed by atoms with Crippen LogP contribution in [0.15, 0.2) is 30.3 Å². The van der Waals surface area contributed by atoms with E-state index in [2.05, 4.69) is 5.32 Å². The molecule has 0 fully saturated rings. The fourth-order valence-electron chi connectivity index (χ4n) is 1.94. The Labute approximate surface area is 130 Å². The molecule has 0 bridgehead atoms. The van der Waals surface area contributed by atoms with Gasteiger partial charge in [0.15, 0.2) is 0 Å². The Bertz CT molecular complexity index is 451. The van der Waals surface area contributed by atoms with Crippen molar-refractivity contribution in [2.45, 2.75) is 38.8 Å². The van der Waals surface area contributed by atoms with Crippen LogP contribution in [0.4, 0.5) is 0 Å². The molecule has 0 aromatic heterocycles. The van der Waals surface area contributed by atoms with Crippen LogP contribution in [0.5, 0.6) is 0 Å². The quantitative estimate of drug-likeness (QED) is 0.621. The van der Waals surface area contributed by atoms with Gasteiger partial charge in [0.25, 0.3) is 0 Å². The molecule has 0 saturated heterocycles. The van der Waals surface area contributed by atoms with E-state index in [0.29, 0.717) is 6.42 Å². The Balaban J connectivity index is 0. The Hall–Kier alpha value is -1.96. The topological polar surface area (TPSA) is 155 Å². The monoisotopic (exact) mass is 314 g/mol. The first-order valence-electron chi connectivity index (χ1n) is 6.72. The van der Waals surface area contributed by atoms with Crippen LogP contribution in [0.2, 0.25) is 0 Å². The van der Waals surface area contributed by atoms with Crippen molar-refractivity contribution < 1.29 is 25.6 Å². The maximum Gasteiger partial charge on any atom is 0.326 e. The zero-order valence-corrected chi connectivity index (χ0v) is 12.9. The van der Waals surface area contributed by atoms with E-state index < -0.39 is 24.0 Å². The van der Waals surface area contributed by atoms with E-state index in [1.807, 2.05) is 44.2 Å². The molecule has 0 unspecified atom stereocenters. The molecule has 7 nitrogen and oxygen atoms in total. The van der Waals surface area contributed by atoms with Crippen molar-refractivity contribution in [1.82, 2.24) is 5.32 Å². The molecular formula is C15H26N2O5. The number of nitrogens with two attached hydrogens (primary N) is 1. The molecule has 0 aliphatic rings. The van der Waals surface area contributed by atoms with Gasteiger partial charge in [0.05, 0.1) is 6.04 Å². The van der Waals surface area contributed by atoms with Crippen LogP contribution in [0.1, 0.15) is 25.8 Å². The lowest BCUT2D eigenvalue weighted by atomic mass is 10.0. The lowest BCUT2D eigenvalue weighted by Gasteiger charge is -2.19. The summed E-state index contributed by atoms with van der Waals surface area (Å²) in [6.45, 7) is 3.93. The maximum atomic E-state index is 11.9. The van der Waals surface area contributed by atoms with Gasteiger partial charge in [0.2, 0.25) is 5.91 Å². The molecule has 0 aliphatic heterocycles. The molecule has 126 valence electrons. The van der Waals surface area contributed by atoms with Gasteiger partial charge in [-0.3, -0.25) is 4.79 Å². The van der Waals surface area contributed by atoms with Crippen molar-refractivity contribution in [3.8, 4) is 0 Å². The van der Waals surface area contributed by atoms with Crippen molar-refractivity contribution in [2.24, 2.45) is 11.7 Å². The molecule has 0 spiro atoms. The van der Waals surface area contributed by atoms with Crippen LogP contribution in [0, 0.1) is 5.92 Å². The second-order valence-electron chi connectivity index (χ2n) is 5.33. The Morgan fingerprint density at radius 2 is 1.73 bits per heavy atom. The number of amides is 1. The van der Waals surface area contributed by atoms with Crippen LogP contribution < -0.4 is 11.1 Å². The Kier molecular flexibility index (Phi) is 10.9. The highest BCUT2D eigenvalue weighted by Gasteiger charge is 2.23. The summed E-state index contributed by atoms with van der Waals surface area (Å²) in [6.07, 6.45) is 0.778. The summed E-state index contributed by atoms with van der Waals surface area (Å²) in [5.74, 6) is -1.19. The predicted molar refractivity (Wildman–Crippen MR) is 84.4 cm³/mol. The third kappa shape index (κ3) is 7.72. The average Bonchev–Trinajstić information content (AvgIpc) is 2.38. The molecule has 7 heteroatoms. The molecule has 1 rings (SSSR count). The van der Waals surface area contributed by atoms with Gasteiger partial charge in [0.1, 0.15) is 6.04 Å². The molecule has 22 heavy (non-hydrogen) atoms.